The number of hydrogen-bond donors (Lipinski definition) is 4. The number of aliphatic hydroxyl groups excluding tert-OH is 4. The third-order valence-corrected chi connectivity index (χ3v) is 13.0. The number of aryl methyl sites for hydroxylation is 3. The van der Waals surface area contributed by atoms with Crippen LogP contribution in [-0.4, -0.2) is 63.5 Å². The summed E-state index contributed by atoms with van der Waals surface area (Å²) >= 11 is 0. The van der Waals surface area contributed by atoms with Gasteiger partial charge in [-0.3, -0.25) is 47.9 Å². The number of pyridine rings is 4. The van der Waals surface area contributed by atoms with Crippen LogP contribution < -0.4 is 0 Å². The number of aliphatic hydroxyl groups is 4. The topological polar surface area (TPSA) is 201 Å². The van der Waals surface area contributed by atoms with Crippen molar-refractivity contribution in [2.45, 2.75) is 76.2 Å². The largest absolute Gasteiger partial charge is 0.512 e. The van der Waals surface area contributed by atoms with Crippen LogP contribution in [0.5, 0.6) is 0 Å². The van der Waals surface area contributed by atoms with Gasteiger partial charge in [0.25, 0.3) is 0 Å². The quantitative estimate of drug-likeness (QED) is 0.0638. The fourth-order valence-electron chi connectivity index (χ4n) is 9.04. The summed E-state index contributed by atoms with van der Waals surface area (Å²) in [7, 11) is 0. The minimum absolute atomic E-state index is 0. The second-order valence-corrected chi connectivity index (χ2v) is 21.9. The van der Waals surface area contributed by atoms with Gasteiger partial charge in [-0.25, -0.2) is 0 Å². The first kappa shape index (κ1) is 89.7. The molecule has 101 heavy (non-hydrogen) atoms. The van der Waals surface area contributed by atoms with Gasteiger partial charge in [0, 0.05) is 122 Å². The molecule has 0 aliphatic rings. The standard InChI is InChI=1S/3C16H12N.C15H8F2N.4C5H8O2.4Ir/c1-12-5-4-7-14(11-12)16-10-9-13-6-2-3-8-15(13)17-16;1-12-11-16(13-7-3-2-4-8-13)17-15-10-6-5-9-14(12)15;1-12-11-14-9-5-6-10-15(14)17-16(12)13-7-3-2-4-8-13;16-11-6-7-12(13(17)9-11)15-8-5-10-3-1-2-4-14(10)18-15;4*1-4(6)3-5(2)7;;;;/h2-6,8-11H,1H3;2*2-7,9-11H,1H3;1-6,8-9H;4*3,6H,1-2H3;;;;/q4*-1;;;;;;;;. The molecule has 4 aromatic heterocycles. The Morgan fingerprint density at radius 3 is 1.22 bits per heavy atom. The number of rotatable bonds is 8. The number of fused-ring (bicyclic) bond motifs is 4. The Labute approximate surface area is 643 Å². The van der Waals surface area contributed by atoms with E-state index in [0.29, 0.717) is 5.69 Å². The fraction of sp³-hybridized carbons (Fsp3) is 0.133. The molecule has 0 spiro atoms. The number of aromatic nitrogens is 4. The average Bonchev–Trinajstić information content (AvgIpc) is 0.829. The van der Waals surface area contributed by atoms with Crippen LogP contribution in [0.3, 0.4) is 0 Å². The normalized spacial score (nSPS) is 10.5. The van der Waals surface area contributed by atoms with Gasteiger partial charge >= 0.3 is 0 Å². The molecule has 0 aliphatic carbocycles. The molecule has 12 aromatic rings. The summed E-state index contributed by atoms with van der Waals surface area (Å²) in [6.45, 7) is 17.7. The van der Waals surface area contributed by atoms with Crippen molar-refractivity contribution >= 4 is 66.7 Å². The molecule has 0 saturated heterocycles. The Hall–Kier alpha value is -9.30. The van der Waals surface area contributed by atoms with E-state index >= 15 is 0 Å². The number of halogens is 2. The summed E-state index contributed by atoms with van der Waals surface area (Å²) in [4.78, 5) is 58.5. The second kappa shape index (κ2) is 46.9. The molecular formula is C83H76F2Ir4N4O8-4. The molecule has 0 bridgehead atoms. The van der Waals surface area contributed by atoms with Gasteiger partial charge < -0.3 is 20.4 Å². The second-order valence-electron chi connectivity index (χ2n) is 21.9. The predicted molar refractivity (Wildman–Crippen MR) is 386 cm³/mol. The van der Waals surface area contributed by atoms with Crippen LogP contribution in [0.25, 0.3) is 88.6 Å². The first-order valence-corrected chi connectivity index (χ1v) is 30.5. The van der Waals surface area contributed by atoms with Gasteiger partial charge in [0.1, 0.15) is 0 Å². The van der Waals surface area contributed by atoms with Gasteiger partial charge in [-0.15, -0.1) is 119 Å². The summed E-state index contributed by atoms with van der Waals surface area (Å²) in [5.41, 5.74) is 14.3. The number of nitrogens with zero attached hydrogens (tertiary/aromatic N) is 4. The first-order valence-electron chi connectivity index (χ1n) is 30.5. The van der Waals surface area contributed by atoms with E-state index < -0.39 is 11.6 Å². The van der Waals surface area contributed by atoms with Crippen molar-refractivity contribution < 1.29 is 129 Å². The van der Waals surface area contributed by atoms with Crippen molar-refractivity contribution in [1.29, 1.82) is 0 Å². The molecule has 8 aromatic carbocycles. The summed E-state index contributed by atoms with van der Waals surface area (Å²) in [6.07, 6.45) is 4.67. The summed E-state index contributed by atoms with van der Waals surface area (Å²) < 4.78 is 26.4. The van der Waals surface area contributed by atoms with Gasteiger partial charge in [0.15, 0.2) is 23.1 Å². The van der Waals surface area contributed by atoms with Crippen LogP contribution in [0.15, 0.2) is 260 Å². The van der Waals surface area contributed by atoms with E-state index in [2.05, 4.69) is 109 Å². The number of carbonyl (C=O) groups is 4. The van der Waals surface area contributed by atoms with Crippen LogP contribution in [-0.2, 0) is 99.6 Å². The van der Waals surface area contributed by atoms with E-state index in [0.717, 1.165) is 73.4 Å². The number of para-hydroxylation sites is 4. The van der Waals surface area contributed by atoms with Crippen molar-refractivity contribution in [2.24, 2.45) is 0 Å². The number of hydrogen-bond acceptors (Lipinski definition) is 12. The Morgan fingerprint density at radius 1 is 0.366 bits per heavy atom. The molecule has 4 heterocycles. The Kier molecular flexibility index (Phi) is 41.7. The van der Waals surface area contributed by atoms with E-state index in [1.165, 1.54) is 113 Å². The maximum atomic E-state index is 13.6. The molecule has 4 radical (unpaired) electrons. The van der Waals surface area contributed by atoms with Gasteiger partial charge in [-0.05, 0) is 138 Å². The van der Waals surface area contributed by atoms with Crippen LogP contribution in [0.4, 0.5) is 8.78 Å². The van der Waals surface area contributed by atoms with Gasteiger partial charge in [-0.2, -0.15) is 0 Å². The van der Waals surface area contributed by atoms with Gasteiger partial charge in [0.2, 0.25) is 0 Å². The summed E-state index contributed by atoms with van der Waals surface area (Å²) in [6, 6.07) is 80.3. The fourth-order valence-corrected chi connectivity index (χ4v) is 9.04. The van der Waals surface area contributed by atoms with E-state index in [-0.39, 0.29) is 132 Å². The minimum atomic E-state index is -0.655. The van der Waals surface area contributed by atoms with E-state index in [4.69, 9.17) is 25.4 Å². The third-order valence-electron chi connectivity index (χ3n) is 13.0. The van der Waals surface area contributed by atoms with Crippen LogP contribution in [0.1, 0.15) is 72.1 Å². The van der Waals surface area contributed by atoms with Crippen molar-refractivity contribution in [2.75, 3.05) is 0 Å². The number of carbonyl (C=O) groups excluding carboxylic acids is 4. The molecule has 0 amide bonds. The zero-order valence-corrected chi connectivity index (χ0v) is 66.9. The molecule has 0 atom stereocenters. The van der Waals surface area contributed by atoms with Crippen molar-refractivity contribution in [3.05, 3.63) is 312 Å². The van der Waals surface area contributed by atoms with E-state index in [9.17, 15) is 28.0 Å². The molecule has 12 nitrogen and oxygen atoms in total. The molecule has 12 rings (SSSR count). The van der Waals surface area contributed by atoms with Crippen LogP contribution >= 0.6 is 0 Å². The minimum Gasteiger partial charge on any atom is -0.512 e. The first-order chi connectivity index (χ1) is 46.3. The van der Waals surface area contributed by atoms with Crippen LogP contribution in [0, 0.1) is 56.7 Å². The number of allylic oxidation sites excluding steroid dienone is 8. The Bertz CT molecular complexity index is 4650. The van der Waals surface area contributed by atoms with Gasteiger partial charge in [0.05, 0.1) is 45.1 Å². The monoisotopic (exact) mass is 2070 g/mol. The number of ketones is 4. The van der Waals surface area contributed by atoms with Crippen LogP contribution in [0.2, 0.25) is 0 Å². The molecule has 18 heteroatoms. The Morgan fingerprint density at radius 2 is 0.772 bits per heavy atom. The molecule has 530 valence electrons. The maximum Gasteiger partial charge on any atom is 0.155 e. The predicted octanol–water partition coefficient (Wildman–Crippen LogP) is 20.2. The summed E-state index contributed by atoms with van der Waals surface area (Å²) in [5, 5.41) is 38.0. The zero-order valence-electron chi connectivity index (χ0n) is 57.3. The summed E-state index contributed by atoms with van der Waals surface area (Å²) in [5.74, 6) is -1.55. The van der Waals surface area contributed by atoms with Gasteiger partial charge in [-0.1, -0.05) is 133 Å². The zero-order chi connectivity index (χ0) is 71.0. The number of benzene rings is 8. The van der Waals surface area contributed by atoms with Crippen molar-refractivity contribution in [3.8, 4) is 45.0 Å². The molecule has 0 aliphatic heterocycles. The van der Waals surface area contributed by atoms with E-state index in [1.807, 2.05) is 146 Å². The van der Waals surface area contributed by atoms with Crippen molar-refractivity contribution in [1.82, 2.24) is 19.9 Å². The van der Waals surface area contributed by atoms with E-state index in [1.54, 1.807) is 6.07 Å². The smallest absolute Gasteiger partial charge is 0.155 e. The average molecular weight is 2060 g/mol. The molecular weight excluding hydrogens is 1990 g/mol. The van der Waals surface area contributed by atoms with Crippen molar-refractivity contribution in [3.63, 3.8) is 0 Å². The SMILES string of the molecule is CC(=O)C=C(C)O.CC(=O)C=C(C)O.CC(=O)C=C(C)O.CC(=O)C=C(C)O.Cc1cc(-c2[c-]cccc2)nc2ccccc12.Cc1cc2ccccc2nc1-c1[c-]cccc1.Cc1cc[c-]c(-c2ccc3ccccc3n2)c1.Fc1c[c-]c(-c2ccc3ccccc3n2)c(F)c1.[Ir].[Ir].[Ir].[Ir]. The molecule has 0 fully saturated rings. The molecule has 4 N–H and O–H groups in total. The maximum absolute atomic E-state index is 13.6. The Balaban J connectivity index is 0.000000593. The molecule has 0 saturated carbocycles. The third kappa shape index (κ3) is 32.7. The molecule has 0 unspecified atom stereocenters.